The van der Waals surface area contributed by atoms with Gasteiger partial charge in [-0.25, -0.2) is 4.98 Å². The number of imidazole rings is 1. The van der Waals surface area contributed by atoms with Crippen LogP contribution in [-0.2, 0) is 11.2 Å². The molecule has 1 saturated heterocycles. The Hall–Kier alpha value is -1.58. The van der Waals surface area contributed by atoms with Crippen molar-refractivity contribution >= 4 is 5.91 Å². The van der Waals surface area contributed by atoms with Gasteiger partial charge < -0.3 is 9.47 Å². The fraction of sp³-hybridized carbons (Fsp3) is 0.647. The third-order valence-electron chi connectivity index (χ3n) is 4.78. The molecule has 0 unspecified atom stereocenters. The first-order chi connectivity index (χ1) is 10.3. The molecule has 1 fully saturated rings. The molecular formula is C17H25N3O. The number of nitrogens with zero attached hydrogens (tertiary/aromatic N) is 3. The average molecular weight is 287 g/mol. The van der Waals surface area contributed by atoms with Crippen LogP contribution in [0.2, 0.25) is 0 Å². The molecule has 0 N–H and O–H groups in total. The summed E-state index contributed by atoms with van der Waals surface area (Å²) < 4.78 is 2.28. The van der Waals surface area contributed by atoms with E-state index in [1.54, 1.807) is 0 Å². The number of rotatable bonds is 3. The van der Waals surface area contributed by atoms with Gasteiger partial charge in [0.1, 0.15) is 5.82 Å². The SMILES string of the molecule is CCc1nccn1[C@@H]1CCCN(C(=O)[C@H]2CC=CCC2)C1. The van der Waals surface area contributed by atoms with Crippen molar-refractivity contribution in [1.82, 2.24) is 14.5 Å². The van der Waals surface area contributed by atoms with Crippen LogP contribution in [0, 0.1) is 5.92 Å². The molecule has 0 radical (unpaired) electrons. The van der Waals surface area contributed by atoms with Gasteiger partial charge in [-0.15, -0.1) is 0 Å². The van der Waals surface area contributed by atoms with E-state index in [0.717, 1.165) is 57.4 Å². The van der Waals surface area contributed by atoms with Crippen molar-refractivity contribution in [3.8, 4) is 0 Å². The lowest BCUT2D eigenvalue weighted by atomic mass is 9.92. The molecule has 21 heavy (non-hydrogen) atoms. The highest BCUT2D eigenvalue weighted by atomic mass is 16.2. The number of hydrogen-bond acceptors (Lipinski definition) is 2. The van der Waals surface area contributed by atoms with E-state index < -0.39 is 0 Å². The third kappa shape index (κ3) is 3.04. The average Bonchev–Trinajstić information content (AvgIpc) is 3.04. The van der Waals surface area contributed by atoms with Crippen molar-refractivity contribution < 1.29 is 4.79 Å². The summed E-state index contributed by atoms with van der Waals surface area (Å²) >= 11 is 0. The Kier molecular flexibility index (Phi) is 4.42. The molecule has 0 aromatic carbocycles. The maximum Gasteiger partial charge on any atom is 0.226 e. The van der Waals surface area contributed by atoms with Crippen LogP contribution in [0.4, 0.5) is 0 Å². The van der Waals surface area contributed by atoms with E-state index in [0.29, 0.717) is 11.9 Å². The van der Waals surface area contributed by atoms with Crippen molar-refractivity contribution in [2.45, 2.75) is 51.5 Å². The predicted octanol–water partition coefficient (Wildman–Crippen LogP) is 2.97. The lowest BCUT2D eigenvalue weighted by molar-refractivity contribution is -0.137. The Bertz CT molecular complexity index is 520. The van der Waals surface area contributed by atoms with Crippen LogP contribution < -0.4 is 0 Å². The van der Waals surface area contributed by atoms with Gasteiger partial charge in [-0.05, 0) is 32.1 Å². The molecule has 1 aliphatic heterocycles. The highest BCUT2D eigenvalue weighted by Gasteiger charge is 2.29. The monoisotopic (exact) mass is 287 g/mol. The van der Waals surface area contributed by atoms with Crippen LogP contribution in [0.15, 0.2) is 24.5 Å². The standard InChI is InChI=1S/C17H25N3O/c1-2-16-18-10-12-20(16)15-9-6-11-19(13-15)17(21)14-7-4-3-5-8-14/h3-4,10,12,14-15H,2,5-9,11,13H2,1H3/t14-,15+/m0/s1. The molecule has 1 aromatic rings. The molecule has 1 aromatic heterocycles. The first-order valence-corrected chi connectivity index (χ1v) is 8.25. The minimum atomic E-state index is 0.210. The lowest BCUT2D eigenvalue weighted by Crippen LogP contribution is -2.43. The fourth-order valence-electron chi connectivity index (χ4n) is 3.61. The molecule has 0 bridgehead atoms. The topological polar surface area (TPSA) is 38.1 Å². The second-order valence-corrected chi connectivity index (χ2v) is 6.17. The van der Waals surface area contributed by atoms with E-state index in [1.807, 2.05) is 6.20 Å². The number of aromatic nitrogens is 2. The molecule has 4 heteroatoms. The van der Waals surface area contributed by atoms with Crippen LogP contribution in [0.3, 0.4) is 0 Å². The Morgan fingerprint density at radius 2 is 2.29 bits per heavy atom. The molecule has 2 aliphatic rings. The van der Waals surface area contributed by atoms with E-state index in [2.05, 4.69) is 39.7 Å². The molecule has 3 rings (SSSR count). The minimum Gasteiger partial charge on any atom is -0.340 e. The zero-order valence-corrected chi connectivity index (χ0v) is 12.9. The molecule has 1 amide bonds. The summed E-state index contributed by atoms with van der Waals surface area (Å²) in [4.78, 5) is 19.2. The second kappa shape index (κ2) is 6.46. The van der Waals surface area contributed by atoms with Crippen molar-refractivity contribution in [2.24, 2.45) is 5.92 Å². The first kappa shape index (κ1) is 14.4. The Morgan fingerprint density at radius 3 is 3.05 bits per heavy atom. The van der Waals surface area contributed by atoms with Gasteiger partial charge in [0.15, 0.2) is 0 Å². The molecule has 1 aliphatic carbocycles. The van der Waals surface area contributed by atoms with E-state index in [9.17, 15) is 4.79 Å². The Labute approximate surface area is 126 Å². The molecule has 2 atom stereocenters. The molecule has 114 valence electrons. The van der Waals surface area contributed by atoms with Crippen molar-refractivity contribution in [3.05, 3.63) is 30.4 Å². The summed E-state index contributed by atoms with van der Waals surface area (Å²) in [6.07, 6.45) is 14.5. The molecular weight excluding hydrogens is 262 g/mol. The smallest absolute Gasteiger partial charge is 0.226 e. The first-order valence-electron chi connectivity index (χ1n) is 8.25. The fourth-order valence-corrected chi connectivity index (χ4v) is 3.61. The van der Waals surface area contributed by atoms with Gasteiger partial charge in [-0.3, -0.25) is 4.79 Å². The number of carbonyl (C=O) groups is 1. The van der Waals surface area contributed by atoms with Crippen molar-refractivity contribution in [2.75, 3.05) is 13.1 Å². The summed E-state index contributed by atoms with van der Waals surface area (Å²) in [6, 6.07) is 0.402. The van der Waals surface area contributed by atoms with Crippen LogP contribution in [-0.4, -0.2) is 33.4 Å². The minimum absolute atomic E-state index is 0.210. The zero-order chi connectivity index (χ0) is 14.7. The second-order valence-electron chi connectivity index (χ2n) is 6.17. The summed E-state index contributed by atoms with van der Waals surface area (Å²) in [6.45, 7) is 3.91. The van der Waals surface area contributed by atoms with E-state index in [4.69, 9.17) is 0 Å². The van der Waals surface area contributed by atoms with Crippen molar-refractivity contribution in [3.63, 3.8) is 0 Å². The van der Waals surface area contributed by atoms with Gasteiger partial charge in [0.2, 0.25) is 5.91 Å². The highest BCUT2D eigenvalue weighted by Crippen LogP contribution is 2.27. The number of carbonyl (C=O) groups excluding carboxylic acids is 1. The Morgan fingerprint density at radius 1 is 1.38 bits per heavy atom. The molecule has 0 spiro atoms. The van der Waals surface area contributed by atoms with E-state index >= 15 is 0 Å². The van der Waals surface area contributed by atoms with Crippen LogP contribution in [0.5, 0.6) is 0 Å². The Balaban J connectivity index is 1.68. The quantitative estimate of drug-likeness (QED) is 0.802. The van der Waals surface area contributed by atoms with Gasteiger partial charge >= 0.3 is 0 Å². The van der Waals surface area contributed by atoms with Gasteiger partial charge in [0.05, 0.1) is 6.04 Å². The molecule has 2 heterocycles. The normalized spacial score (nSPS) is 26.0. The van der Waals surface area contributed by atoms with Gasteiger partial charge in [-0.2, -0.15) is 0 Å². The maximum atomic E-state index is 12.7. The zero-order valence-electron chi connectivity index (χ0n) is 12.9. The van der Waals surface area contributed by atoms with Gasteiger partial charge in [-0.1, -0.05) is 19.1 Å². The number of likely N-dealkylation sites (tertiary alicyclic amines) is 1. The third-order valence-corrected chi connectivity index (χ3v) is 4.78. The number of amides is 1. The predicted molar refractivity (Wildman–Crippen MR) is 82.9 cm³/mol. The van der Waals surface area contributed by atoms with Crippen LogP contribution in [0.1, 0.15) is 50.9 Å². The summed E-state index contributed by atoms with van der Waals surface area (Å²) in [5, 5.41) is 0. The molecule has 4 nitrogen and oxygen atoms in total. The number of allylic oxidation sites excluding steroid dienone is 2. The summed E-state index contributed by atoms with van der Waals surface area (Å²) in [7, 11) is 0. The summed E-state index contributed by atoms with van der Waals surface area (Å²) in [5.41, 5.74) is 0. The highest BCUT2D eigenvalue weighted by molar-refractivity contribution is 5.79. The molecule has 0 saturated carbocycles. The summed E-state index contributed by atoms with van der Waals surface area (Å²) in [5.74, 6) is 1.71. The van der Waals surface area contributed by atoms with Crippen LogP contribution >= 0.6 is 0 Å². The largest absolute Gasteiger partial charge is 0.340 e. The maximum absolute atomic E-state index is 12.7. The van der Waals surface area contributed by atoms with Gasteiger partial charge in [0.25, 0.3) is 0 Å². The number of piperidine rings is 1. The number of aryl methyl sites for hydroxylation is 1. The lowest BCUT2D eigenvalue weighted by Gasteiger charge is -2.36. The van der Waals surface area contributed by atoms with E-state index in [1.165, 1.54) is 0 Å². The van der Waals surface area contributed by atoms with Crippen LogP contribution in [0.25, 0.3) is 0 Å². The van der Waals surface area contributed by atoms with Crippen molar-refractivity contribution in [1.29, 1.82) is 0 Å². The van der Waals surface area contributed by atoms with Gasteiger partial charge in [0, 0.05) is 37.8 Å². The number of hydrogen-bond donors (Lipinski definition) is 0. The van der Waals surface area contributed by atoms with E-state index in [-0.39, 0.29) is 5.92 Å².